The first-order valence-electron chi connectivity index (χ1n) is 5.53. The van der Waals surface area contributed by atoms with Gasteiger partial charge in [-0.15, -0.1) is 11.3 Å². The molecule has 0 aliphatic rings. The van der Waals surface area contributed by atoms with Gasteiger partial charge in [0.15, 0.2) is 10.8 Å². The predicted octanol–water partition coefficient (Wildman–Crippen LogP) is 4.56. The lowest BCUT2D eigenvalue weighted by atomic mass is 10.3. The van der Waals surface area contributed by atoms with Gasteiger partial charge in [-0.2, -0.15) is 5.10 Å². The Bertz CT molecular complexity index is 731. The maximum Gasteiger partial charge on any atom is 0.356 e. The highest BCUT2D eigenvalue weighted by Crippen LogP contribution is 2.36. The SMILES string of the molecule is Cc1ccc(/C=N\Nc2c(Cl)c(Cl)nc(C(=O)O)c2Cl)s1. The van der Waals surface area contributed by atoms with E-state index in [2.05, 4.69) is 15.5 Å². The first kappa shape index (κ1) is 16.0. The number of thiophene rings is 1. The summed E-state index contributed by atoms with van der Waals surface area (Å²) in [4.78, 5) is 16.7. The Kier molecular flexibility index (Phi) is 5.05. The Hall–Kier alpha value is -1.34. The van der Waals surface area contributed by atoms with Crippen LogP contribution in [0.2, 0.25) is 15.2 Å². The van der Waals surface area contributed by atoms with Crippen LogP contribution in [0.1, 0.15) is 20.2 Å². The molecule has 0 aliphatic heterocycles. The van der Waals surface area contributed by atoms with Crippen LogP contribution in [0.4, 0.5) is 5.69 Å². The number of carbonyl (C=O) groups is 1. The molecule has 21 heavy (non-hydrogen) atoms. The molecule has 0 radical (unpaired) electrons. The molecule has 0 saturated heterocycles. The number of hydrogen-bond acceptors (Lipinski definition) is 5. The van der Waals surface area contributed by atoms with Gasteiger partial charge in [-0.25, -0.2) is 9.78 Å². The van der Waals surface area contributed by atoms with Crippen molar-refractivity contribution in [2.24, 2.45) is 5.10 Å². The van der Waals surface area contributed by atoms with E-state index in [-0.39, 0.29) is 20.9 Å². The second-order valence-electron chi connectivity index (χ2n) is 3.88. The zero-order valence-corrected chi connectivity index (χ0v) is 13.6. The minimum Gasteiger partial charge on any atom is -0.476 e. The van der Waals surface area contributed by atoms with Gasteiger partial charge < -0.3 is 5.11 Å². The van der Waals surface area contributed by atoms with Crippen molar-refractivity contribution in [1.29, 1.82) is 0 Å². The molecule has 0 spiro atoms. The summed E-state index contributed by atoms with van der Waals surface area (Å²) in [5, 5.41) is 12.7. The summed E-state index contributed by atoms with van der Waals surface area (Å²) in [7, 11) is 0. The summed E-state index contributed by atoms with van der Waals surface area (Å²) < 4.78 is 0. The highest BCUT2D eigenvalue weighted by molar-refractivity contribution is 7.13. The van der Waals surface area contributed by atoms with Crippen molar-refractivity contribution in [1.82, 2.24) is 4.98 Å². The number of halogens is 3. The molecule has 0 atom stereocenters. The fraction of sp³-hybridized carbons (Fsp3) is 0.0833. The lowest BCUT2D eigenvalue weighted by Gasteiger charge is -2.09. The quantitative estimate of drug-likeness (QED) is 0.474. The molecule has 0 aliphatic carbocycles. The van der Waals surface area contributed by atoms with Crippen molar-refractivity contribution < 1.29 is 9.90 Å². The van der Waals surface area contributed by atoms with Gasteiger partial charge in [0.05, 0.1) is 11.9 Å². The number of rotatable bonds is 4. The number of aryl methyl sites for hydroxylation is 1. The smallest absolute Gasteiger partial charge is 0.356 e. The third-order valence-corrected chi connectivity index (χ3v) is 4.41. The lowest BCUT2D eigenvalue weighted by Crippen LogP contribution is -2.05. The standard InChI is InChI=1S/C12H8Cl3N3O2S/c1-5-2-3-6(21-5)4-16-18-9-7(13)10(12(19)20)17-11(15)8(9)14/h2-4H,1H3,(H,17,18)(H,19,20)/b16-4-. The monoisotopic (exact) mass is 363 g/mol. The van der Waals surface area contributed by atoms with Crippen LogP contribution in [0.15, 0.2) is 17.2 Å². The Labute approximate surface area is 139 Å². The molecule has 110 valence electrons. The molecule has 0 unspecified atom stereocenters. The summed E-state index contributed by atoms with van der Waals surface area (Å²) in [5.41, 5.74) is 2.30. The summed E-state index contributed by atoms with van der Waals surface area (Å²) >= 11 is 19.2. The fourth-order valence-electron chi connectivity index (χ4n) is 1.44. The predicted molar refractivity (Wildman–Crippen MR) is 86.5 cm³/mol. The highest BCUT2D eigenvalue weighted by Gasteiger charge is 2.20. The number of carboxylic acids is 1. The van der Waals surface area contributed by atoms with Crippen LogP contribution in [0.5, 0.6) is 0 Å². The molecule has 0 aromatic carbocycles. The molecule has 9 heteroatoms. The molecule has 2 heterocycles. The van der Waals surface area contributed by atoms with Crippen LogP contribution in [-0.4, -0.2) is 22.3 Å². The molecule has 2 rings (SSSR count). The van der Waals surface area contributed by atoms with Crippen molar-refractivity contribution in [2.75, 3.05) is 5.43 Å². The molecule has 2 aromatic heterocycles. The van der Waals surface area contributed by atoms with Gasteiger partial charge in [0.25, 0.3) is 0 Å². The summed E-state index contributed by atoms with van der Waals surface area (Å²) in [6.07, 6.45) is 1.57. The first-order chi connectivity index (χ1) is 9.90. The number of carboxylic acid groups (broad SMARTS) is 1. The fourth-order valence-corrected chi connectivity index (χ4v) is 2.85. The van der Waals surface area contributed by atoms with E-state index in [4.69, 9.17) is 39.9 Å². The third kappa shape index (κ3) is 3.65. The molecule has 0 amide bonds. The molecule has 0 fully saturated rings. The van der Waals surface area contributed by atoms with Gasteiger partial charge >= 0.3 is 5.97 Å². The lowest BCUT2D eigenvalue weighted by molar-refractivity contribution is 0.0691. The number of pyridine rings is 1. The van der Waals surface area contributed by atoms with Crippen molar-refractivity contribution in [2.45, 2.75) is 6.92 Å². The summed E-state index contributed by atoms with van der Waals surface area (Å²) in [6, 6.07) is 3.86. The third-order valence-electron chi connectivity index (χ3n) is 2.37. The number of nitrogens with one attached hydrogen (secondary N) is 1. The van der Waals surface area contributed by atoms with Gasteiger partial charge in [0.1, 0.15) is 10.0 Å². The van der Waals surface area contributed by atoms with Crippen LogP contribution in [0.25, 0.3) is 0 Å². The summed E-state index contributed by atoms with van der Waals surface area (Å²) in [6.45, 7) is 1.98. The van der Waals surface area contributed by atoms with E-state index in [1.807, 2.05) is 19.1 Å². The Morgan fingerprint density at radius 3 is 2.67 bits per heavy atom. The van der Waals surface area contributed by atoms with Crippen molar-refractivity contribution in [3.8, 4) is 0 Å². The molecular weight excluding hydrogens is 357 g/mol. The topological polar surface area (TPSA) is 74.6 Å². The van der Waals surface area contributed by atoms with E-state index >= 15 is 0 Å². The Morgan fingerprint density at radius 1 is 1.38 bits per heavy atom. The number of nitrogens with zero attached hydrogens (tertiary/aromatic N) is 2. The number of hydrazone groups is 1. The maximum absolute atomic E-state index is 11.0. The minimum absolute atomic E-state index is 0.00572. The van der Waals surface area contributed by atoms with Crippen LogP contribution in [-0.2, 0) is 0 Å². The average Bonchev–Trinajstić information content (AvgIpc) is 2.83. The van der Waals surface area contributed by atoms with E-state index in [1.165, 1.54) is 0 Å². The van der Waals surface area contributed by atoms with Gasteiger partial charge in [-0.3, -0.25) is 5.43 Å². The molecule has 2 N–H and O–H groups in total. The van der Waals surface area contributed by atoms with E-state index in [9.17, 15) is 4.79 Å². The number of hydrogen-bond donors (Lipinski definition) is 2. The highest BCUT2D eigenvalue weighted by atomic mass is 35.5. The number of aromatic nitrogens is 1. The average molecular weight is 365 g/mol. The van der Waals surface area contributed by atoms with E-state index in [0.29, 0.717) is 0 Å². The second-order valence-corrected chi connectivity index (χ2v) is 6.31. The zero-order chi connectivity index (χ0) is 15.6. The second kappa shape index (κ2) is 6.62. The largest absolute Gasteiger partial charge is 0.476 e. The van der Waals surface area contributed by atoms with Crippen LogP contribution in [0.3, 0.4) is 0 Å². The minimum atomic E-state index is -1.31. The van der Waals surface area contributed by atoms with Gasteiger partial charge in [-0.1, -0.05) is 34.8 Å². The Balaban J connectivity index is 2.31. The zero-order valence-electron chi connectivity index (χ0n) is 10.5. The van der Waals surface area contributed by atoms with E-state index in [0.717, 1.165) is 9.75 Å². The van der Waals surface area contributed by atoms with Crippen LogP contribution >= 0.6 is 46.1 Å². The van der Waals surface area contributed by atoms with Crippen LogP contribution in [0, 0.1) is 6.92 Å². The van der Waals surface area contributed by atoms with Gasteiger partial charge in [0, 0.05) is 9.75 Å². The normalized spacial score (nSPS) is 11.0. The number of anilines is 1. The van der Waals surface area contributed by atoms with Crippen molar-refractivity contribution in [3.05, 3.63) is 42.8 Å². The number of aromatic carboxylic acids is 1. The van der Waals surface area contributed by atoms with E-state index < -0.39 is 11.7 Å². The Morgan fingerprint density at radius 2 is 2.10 bits per heavy atom. The van der Waals surface area contributed by atoms with E-state index in [1.54, 1.807) is 17.6 Å². The van der Waals surface area contributed by atoms with Crippen LogP contribution < -0.4 is 5.43 Å². The van der Waals surface area contributed by atoms with Gasteiger partial charge in [-0.05, 0) is 19.1 Å². The maximum atomic E-state index is 11.0. The molecule has 5 nitrogen and oxygen atoms in total. The van der Waals surface area contributed by atoms with Gasteiger partial charge in [0.2, 0.25) is 0 Å². The summed E-state index contributed by atoms with van der Waals surface area (Å²) in [5.74, 6) is -1.31. The molecule has 0 saturated carbocycles. The molecule has 0 bridgehead atoms. The van der Waals surface area contributed by atoms with Crippen molar-refractivity contribution >= 4 is 64.0 Å². The molecule has 2 aromatic rings. The first-order valence-corrected chi connectivity index (χ1v) is 7.48. The van der Waals surface area contributed by atoms with Crippen molar-refractivity contribution in [3.63, 3.8) is 0 Å². The molecular formula is C12H8Cl3N3O2S.